The molecule has 1 N–H and O–H groups in total. The summed E-state index contributed by atoms with van der Waals surface area (Å²) in [5.41, 5.74) is 2.31. The van der Waals surface area contributed by atoms with Crippen molar-refractivity contribution in [1.29, 1.82) is 0 Å². The first-order valence-corrected chi connectivity index (χ1v) is 8.82. The van der Waals surface area contributed by atoms with Crippen LogP contribution < -0.4 is 10.2 Å². The molecule has 2 unspecified atom stereocenters. The van der Waals surface area contributed by atoms with Gasteiger partial charge in [0, 0.05) is 48.6 Å². The molecule has 1 saturated heterocycles. The molecule has 1 aliphatic carbocycles. The summed E-state index contributed by atoms with van der Waals surface area (Å²) in [6.07, 6.45) is 9.46. The van der Waals surface area contributed by atoms with Gasteiger partial charge in [0.05, 0.1) is 0 Å². The molecule has 2 atom stereocenters. The number of fused-ring (bicyclic) bond motifs is 2. The lowest BCUT2D eigenvalue weighted by molar-refractivity contribution is 0.553. The molecule has 1 aromatic carbocycles. The summed E-state index contributed by atoms with van der Waals surface area (Å²) in [5.74, 6) is 2.22. The van der Waals surface area contributed by atoms with Crippen LogP contribution in [0.5, 0.6) is 0 Å². The highest BCUT2D eigenvalue weighted by atomic mass is 15.3. The van der Waals surface area contributed by atoms with Crippen LogP contribution in [0.2, 0.25) is 0 Å². The van der Waals surface area contributed by atoms with Crippen molar-refractivity contribution in [1.82, 2.24) is 19.7 Å². The molecule has 1 saturated carbocycles. The molecule has 0 spiro atoms. The molecule has 5 rings (SSSR count). The van der Waals surface area contributed by atoms with Gasteiger partial charge in [0.25, 0.3) is 0 Å². The second-order valence-electron chi connectivity index (χ2n) is 6.85. The molecular formula is C19H20N6. The van der Waals surface area contributed by atoms with E-state index in [-0.39, 0.29) is 0 Å². The van der Waals surface area contributed by atoms with Gasteiger partial charge in [-0.1, -0.05) is 0 Å². The van der Waals surface area contributed by atoms with Crippen molar-refractivity contribution in [2.45, 2.75) is 25.3 Å². The molecule has 6 heteroatoms. The first-order valence-electron chi connectivity index (χ1n) is 8.82. The van der Waals surface area contributed by atoms with Crippen molar-refractivity contribution < 1.29 is 0 Å². The van der Waals surface area contributed by atoms with Crippen LogP contribution in [0.15, 0.2) is 55.0 Å². The van der Waals surface area contributed by atoms with Gasteiger partial charge in [-0.2, -0.15) is 10.1 Å². The molecule has 3 aromatic rings. The summed E-state index contributed by atoms with van der Waals surface area (Å²) in [4.78, 5) is 11.4. The van der Waals surface area contributed by atoms with E-state index in [0.717, 1.165) is 23.5 Å². The van der Waals surface area contributed by atoms with Crippen LogP contribution in [0, 0.1) is 5.92 Å². The summed E-state index contributed by atoms with van der Waals surface area (Å²) in [7, 11) is 0. The molecule has 2 aromatic heterocycles. The summed E-state index contributed by atoms with van der Waals surface area (Å²) < 4.78 is 1.72. The van der Waals surface area contributed by atoms with Gasteiger partial charge in [0.2, 0.25) is 5.95 Å². The number of benzene rings is 1. The molecule has 3 heterocycles. The Balaban J connectivity index is 1.32. The van der Waals surface area contributed by atoms with E-state index in [1.165, 1.54) is 31.5 Å². The Kier molecular flexibility index (Phi) is 3.40. The number of hydrogen-bond acceptors (Lipinski definition) is 5. The fourth-order valence-electron chi connectivity index (χ4n) is 4.05. The zero-order valence-corrected chi connectivity index (χ0v) is 13.9. The van der Waals surface area contributed by atoms with Crippen molar-refractivity contribution in [2.24, 2.45) is 5.92 Å². The maximum absolute atomic E-state index is 4.51. The van der Waals surface area contributed by atoms with Gasteiger partial charge in [-0.3, -0.25) is 0 Å². The molecular weight excluding hydrogens is 312 g/mol. The van der Waals surface area contributed by atoms with Gasteiger partial charge in [0.1, 0.15) is 0 Å². The molecule has 2 bridgehead atoms. The zero-order chi connectivity index (χ0) is 16.6. The quantitative estimate of drug-likeness (QED) is 0.793. The topological polar surface area (TPSA) is 58.9 Å². The van der Waals surface area contributed by atoms with Crippen LogP contribution >= 0.6 is 0 Å². The third-order valence-corrected chi connectivity index (χ3v) is 5.24. The Bertz CT molecular complexity index is 858. The largest absolute Gasteiger partial charge is 0.368 e. The van der Waals surface area contributed by atoms with Crippen LogP contribution in [-0.4, -0.2) is 32.3 Å². The summed E-state index contributed by atoms with van der Waals surface area (Å²) in [6.45, 7) is 1.21. The lowest BCUT2D eigenvalue weighted by Crippen LogP contribution is -2.31. The predicted octanol–water partition coefficient (Wildman–Crippen LogP) is 3.39. The Morgan fingerprint density at radius 3 is 2.68 bits per heavy atom. The highest BCUT2D eigenvalue weighted by molar-refractivity contribution is 5.60. The SMILES string of the molecule is c1cnn(-c2ccnc(Nc3ccc(N4CC5CCC4C5)cc3)n2)c1. The maximum atomic E-state index is 4.51. The maximum Gasteiger partial charge on any atom is 0.229 e. The highest BCUT2D eigenvalue weighted by Gasteiger charge is 2.37. The van der Waals surface area contributed by atoms with E-state index in [0.29, 0.717) is 5.95 Å². The second kappa shape index (κ2) is 5.88. The van der Waals surface area contributed by atoms with Gasteiger partial charge in [-0.05, 0) is 55.5 Å². The van der Waals surface area contributed by atoms with Crippen molar-refractivity contribution >= 4 is 17.3 Å². The summed E-state index contributed by atoms with van der Waals surface area (Å²) in [6, 6.07) is 13.1. The predicted molar refractivity (Wildman–Crippen MR) is 97.4 cm³/mol. The molecule has 1 aliphatic heterocycles. The highest BCUT2D eigenvalue weighted by Crippen LogP contribution is 2.40. The van der Waals surface area contributed by atoms with E-state index >= 15 is 0 Å². The van der Waals surface area contributed by atoms with Crippen LogP contribution in [-0.2, 0) is 0 Å². The van der Waals surface area contributed by atoms with E-state index in [4.69, 9.17) is 0 Å². The fourth-order valence-corrected chi connectivity index (χ4v) is 4.05. The minimum atomic E-state index is 0.570. The number of anilines is 3. The number of piperidine rings is 1. The van der Waals surface area contributed by atoms with Gasteiger partial charge in [-0.25, -0.2) is 9.67 Å². The van der Waals surface area contributed by atoms with Crippen molar-refractivity contribution in [3.63, 3.8) is 0 Å². The average Bonchev–Trinajstić information content (AvgIpc) is 3.40. The lowest BCUT2D eigenvalue weighted by atomic mass is 10.1. The second-order valence-corrected chi connectivity index (χ2v) is 6.85. The summed E-state index contributed by atoms with van der Waals surface area (Å²) >= 11 is 0. The molecule has 6 nitrogen and oxygen atoms in total. The number of nitrogens with one attached hydrogen (secondary N) is 1. The smallest absolute Gasteiger partial charge is 0.229 e. The van der Waals surface area contributed by atoms with E-state index in [1.54, 1.807) is 17.1 Å². The molecule has 0 radical (unpaired) electrons. The number of nitrogens with zero attached hydrogens (tertiary/aromatic N) is 5. The van der Waals surface area contributed by atoms with Gasteiger partial charge >= 0.3 is 0 Å². The van der Waals surface area contributed by atoms with Gasteiger partial charge in [0.15, 0.2) is 5.82 Å². The van der Waals surface area contributed by atoms with Gasteiger partial charge < -0.3 is 10.2 Å². The van der Waals surface area contributed by atoms with E-state index in [2.05, 4.69) is 49.5 Å². The van der Waals surface area contributed by atoms with Crippen molar-refractivity contribution in [2.75, 3.05) is 16.8 Å². The number of rotatable bonds is 4. The molecule has 126 valence electrons. The number of aromatic nitrogens is 4. The Morgan fingerprint density at radius 2 is 1.96 bits per heavy atom. The minimum absolute atomic E-state index is 0.570. The normalized spacial score (nSPS) is 21.7. The van der Waals surface area contributed by atoms with Crippen molar-refractivity contribution in [3.05, 3.63) is 55.0 Å². The third kappa shape index (κ3) is 2.73. The number of hydrogen-bond donors (Lipinski definition) is 1. The standard InChI is InChI=1S/C19H20N6/c1-9-21-25(11-1)18-8-10-20-19(23-18)22-15-3-6-16(7-4-15)24-13-14-2-5-17(24)12-14/h1,3-4,6-11,14,17H,2,5,12-13H2,(H,20,22,23). The minimum Gasteiger partial charge on any atom is -0.368 e. The van der Waals surface area contributed by atoms with E-state index in [9.17, 15) is 0 Å². The Hall–Kier alpha value is -2.89. The fraction of sp³-hybridized carbons (Fsp3) is 0.316. The van der Waals surface area contributed by atoms with Crippen LogP contribution in [0.1, 0.15) is 19.3 Å². The monoisotopic (exact) mass is 332 g/mol. The first kappa shape index (κ1) is 14.5. The van der Waals surface area contributed by atoms with Crippen LogP contribution in [0.3, 0.4) is 0 Å². The average molecular weight is 332 g/mol. The Morgan fingerprint density at radius 1 is 1.04 bits per heavy atom. The van der Waals surface area contributed by atoms with Crippen LogP contribution in [0.4, 0.5) is 17.3 Å². The third-order valence-electron chi connectivity index (χ3n) is 5.24. The first-order chi connectivity index (χ1) is 12.3. The van der Waals surface area contributed by atoms with E-state index in [1.807, 2.05) is 18.3 Å². The lowest BCUT2D eigenvalue weighted by Gasteiger charge is -2.29. The molecule has 2 fully saturated rings. The van der Waals surface area contributed by atoms with Gasteiger partial charge in [-0.15, -0.1) is 0 Å². The van der Waals surface area contributed by atoms with Crippen molar-refractivity contribution in [3.8, 4) is 5.82 Å². The molecule has 0 amide bonds. The Labute approximate surface area is 146 Å². The zero-order valence-electron chi connectivity index (χ0n) is 13.9. The van der Waals surface area contributed by atoms with Crippen LogP contribution in [0.25, 0.3) is 5.82 Å². The summed E-state index contributed by atoms with van der Waals surface area (Å²) in [5, 5.41) is 7.48. The molecule has 2 aliphatic rings. The van der Waals surface area contributed by atoms with E-state index < -0.39 is 0 Å². The molecule has 25 heavy (non-hydrogen) atoms.